The molecule has 0 aliphatic rings. The van der Waals surface area contributed by atoms with E-state index in [4.69, 9.17) is 0 Å². The zero-order valence-electron chi connectivity index (χ0n) is 11.1. The summed E-state index contributed by atoms with van der Waals surface area (Å²) in [5.41, 5.74) is 4.00. The molecule has 0 aliphatic carbocycles. The maximum atomic E-state index is 4.21. The number of hydrogen-bond donors (Lipinski definition) is 1. The van der Waals surface area contributed by atoms with Crippen molar-refractivity contribution in [3.63, 3.8) is 0 Å². The molecule has 2 rings (SSSR count). The molecule has 2 heteroatoms. The number of aromatic nitrogens is 1. The second-order valence-electron chi connectivity index (χ2n) is 4.53. The second kappa shape index (κ2) is 6.31. The molecule has 0 amide bonds. The molecule has 0 fully saturated rings. The summed E-state index contributed by atoms with van der Waals surface area (Å²) >= 11 is 0. The minimum atomic E-state index is 0.338. The van der Waals surface area contributed by atoms with Gasteiger partial charge >= 0.3 is 0 Å². The van der Waals surface area contributed by atoms with Crippen molar-refractivity contribution in [1.29, 1.82) is 0 Å². The Hall–Kier alpha value is -1.67. The Kier molecular flexibility index (Phi) is 4.48. The molecular formula is C16H20N2. The van der Waals surface area contributed by atoms with Crippen LogP contribution in [-0.4, -0.2) is 11.5 Å². The van der Waals surface area contributed by atoms with E-state index in [0.717, 1.165) is 13.0 Å². The second-order valence-corrected chi connectivity index (χ2v) is 4.53. The molecule has 1 unspecified atom stereocenters. The summed E-state index contributed by atoms with van der Waals surface area (Å²) in [5, 5.41) is 3.53. The van der Waals surface area contributed by atoms with E-state index in [-0.39, 0.29) is 0 Å². The number of aryl methyl sites for hydroxylation is 1. The monoisotopic (exact) mass is 240 g/mol. The van der Waals surface area contributed by atoms with E-state index in [1.807, 2.05) is 18.5 Å². The first-order valence-electron chi connectivity index (χ1n) is 6.49. The lowest BCUT2D eigenvalue weighted by Gasteiger charge is -2.19. The van der Waals surface area contributed by atoms with E-state index in [1.54, 1.807) is 0 Å². The molecule has 94 valence electrons. The minimum absolute atomic E-state index is 0.338. The SMILES string of the molecule is CCNC(Cc1ccccc1C)c1cccnc1. The van der Waals surface area contributed by atoms with Gasteiger partial charge in [0.15, 0.2) is 0 Å². The summed E-state index contributed by atoms with van der Waals surface area (Å²) in [6.07, 6.45) is 4.78. The first kappa shape index (κ1) is 12.8. The predicted octanol–water partition coefficient (Wildman–Crippen LogP) is 3.28. The van der Waals surface area contributed by atoms with Crippen molar-refractivity contribution in [3.05, 3.63) is 65.5 Å². The fraction of sp³-hybridized carbons (Fsp3) is 0.312. The standard InChI is InChI=1S/C16H20N2/c1-3-18-16(15-9-6-10-17-12-15)11-14-8-5-4-7-13(14)2/h4-10,12,16,18H,3,11H2,1-2H3. The van der Waals surface area contributed by atoms with Crippen LogP contribution in [0.25, 0.3) is 0 Å². The number of benzene rings is 1. The van der Waals surface area contributed by atoms with Crippen molar-refractivity contribution in [3.8, 4) is 0 Å². The molecule has 1 aromatic heterocycles. The number of nitrogens with one attached hydrogen (secondary N) is 1. The van der Waals surface area contributed by atoms with Gasteiger partial charge in [-0.1, -0.05) is 37.3 Å². The van der Waals surface area contributed by atoms with Gasteiger partial charge < -0.3 is 5.32 Å². The van der Waals surface area contributed by atoms with Gasteiger partial charge in [-0.05, 0) is 42.6 Å². The van der Waals surface area contributed by atoms with Gasteiger partial charge in [0.1, 0.15) is 0 Å². The third-order valence-corrected chi connectivity index (χ3v) is 3.22. The lowest BCUT2D eigenvalue weighted by atomic mass is 9.97. The van der Waals surface area contributed by atoms with Gasteiger partial charge in [0.25, 0.3) is 0 Å². The molecule has 1 heterocycles. The molecule has 0 saturated carbocycles. The first-order valence-corrected chi connectivity index (χ1v) is 6.49. The van der Waals surface area contributed by atoms with Crippen LogP contribution in [0.3, 0.4) is 0 Å². The van der Waals surface area contributed by atoms with Crippen LogP contribution >= 0.6 is 0 Å². The zero-order chi connectivity index (χ0) is 12.8. The highest BCUT2D eigenvalue weighted by Crippen LogP contribution is 2.19. The molecule has 1 atom stereocenters. The van der Waals surface area contributed by atoms with Gasteiger partial charge in [0.05, 0.1) is 0 Å². The third-order valence-electron chi connectivity index (χ3n) is 3.22. The summed E-state index contributed by atoms with van der Waals surface area (Å²) in [7, 11) is 0. The Morgan fingerprint density at radius 1 is 1.17 bits per heavy atom. The van der Waals surface area contributed by atoms with E-state index < -0.39 is 0 Å². The number of likely N-dealkylation sites (N-methyl/N-ethyl adjacent to an activating group) is 1. The van der Waals surface area contributed by atoms with Crippen molar-refractivity contribution in [2.24, 2.45) is 0 Å². The predicted molar refractivity (Wildman–Crippen MR) is 75.5 cm³/mol. The van der Waals surface area contributed by atoms with E-state index in [0.29, 0.717) is 6.04 Å². The molecule has 2 nitrogen and oxygen atoms in total. The molecule has 0 bridgehead atoms. The van der Waals surface area contributed by atoms with Crippen LogP contribution in [0.1, 0.15) is 29.7 Å². The molecule has 2 aromatic rings. The van der Waals surface area contributed by atoms with Crippen LogP contribution in [0.2, 0.25) is 0 Å². The highest BCUT2D eigenvalue weighted by molar-refractivity contribution is 5.28. The molecule has 0 aliphatic heterocycles. The normalized spacial score (nSPS) is 12.3. The summed E-state index contributed by atoms with van der Waals surface area (Å²) < 4.78 is 0. The van der Waals surface area contributed by atoms with E-state index in [1.165, 1.54) is 16.7 Å². The molecule has 1 aromatic carbocycles. The Balaban J connectivity index is 2.19. The van der Waals surface area contributed by atoms with Crippen molar-refractivity contribution < 1.29 is 0 Å². The fourth-order valence-corrected chi connectivity index (χ4v) is 2.20. The van der Waals surface area contributed by atoms with Crippen LogP contribution in [-0.2, 0) is 6.42 Å². The van der Waals surface area contributed by atoms with Crippen LogP contribution in [0.5, 0.6) is 0 Å². The summed E-state index contributed by atoms with van der Waals surface area (Å²) in [6, 6.07) is 13.0. The molecule has 0 saturated heterocycles. The molecule has 0 spiro atoms. The van der Waals surface area contributed by atoms with Crippen LogP contribution in [0.15, 0.2) is 48.8 Å². The molecule has 0 radical (unpaired) electrons. The van der Waals surface area contributed by atoms with Crippen molar-refractivity contribution in [2.45, 2.75) is 26.3 Å². The number of pyridine rings is 1. The quantitative estimate of drug-likeness (QED) is 0.867. The first-order chi connectivity index (χ1) is 8.81. The van der Waals surface area contributed by atoms with Crippen molar-refractivity contribution in [1.82, 2.24) is 10.3 Å². The molecule has 18 heavy (non-hydrogen) atoms. The van der Waals surface area contributed by atoms with Crippen molar-refractivity contribution in [2.75, 3.05) is 6.54 Å². The maximum absolute atomic E-state index is 4.21. The Morgan fingerprint density at radius 3 is 2.67 bits per heavy atom. The topological polar surface area (TPSA) is 24.9 Å². The molecular weight excluding hydrogens is 220 g/mol. The lowest BCUT2D eigenvalue weighted by Crippen LogP contribution is -2.23. The van der Waals surface area contributed by atoms with Crippen LogP contribution in [0, 0.1) is 6.92 Å². The fourth-order valence-electron chi connectivity index (χ4n) is 2.20. The third kappa shape index (κ3) is 3.17. The van der Waals surface area contributed by atoms with Crippen molar-refractivity contribution >= 4 is 0 Å². The average Bonchev–Trinajstić information content (AvgIpc) is 2.42. The van der Waals surface area contributed by atoms with Gasteiger partial charge in [-0.15, -0.1) is 0 Å². The smallest absolute Gasteiger partial charge is 0.0376 e. The number of hydrogen-bond acceptors (Lipinski definition) is 2. The lowest BCUT2D eigenvalue weighted by molar-refractivity contribution is 0.547. The van der Waals surface area contributed by atoms with Gasteiger partial charge in [-0.2, -0.15) is 0 Å². The maximum Gasteiger partial charge on any atom is 0.0376 e. The van der Waals surface area contributed by atoms with Crippen LogP contribution in [0.4, 0.5) is 0 Å². The van der Waals surface area contributed by atoms with E-state index >= 15 is 0 Å². The molecule has 1 N–H and O–H groups in total. The largest absolute Gasteiger partial charge is 0.310 e. The highest BCUT2D eigenvalue weighted by atomic mass is 14.9. The summed E-state index contributed by atoms with van der Waals surface area (Å²) in [4.78, 5) is 4.21. The minimum Gasteiger partial charge on any atom is -0.310 e. The van der Waals surface area contributed by atoms with Gasteiger partial charge in [-0.3, -0.25) is 4.98 Å². The number of nitrogens with zero attached hydrogens (tertiary/aromatic N) is 1. The van der Waals surface area contributed by atoms with E-state index in [2.05, 4.69) is 54.5 Å². The zero-order valence-corrected chi connectivity index (χ0v) is 11.1. The Morgan fingerprint density at radius 2 is 2.00 bits per heavy atom. The van der Waals surface area contributed by atoms with Gasteiger partial charge in [0, 0.05) is 18.4 Å². The number of rotatable bonds is 5. The summed E-state index contributed by atoms with van der Waals surface area (Å²) in [6.45, 7) is 5.27. The van der Waals surface area contributed by atoms with Gasteiger partial charge in [0.2, 0.25) is 0 Å². The average molecular weight is 240 g/mol. The van der Waals surface area contributed by atoms with E-state index in [9.17, 15) is 0 Å². The Labute approximate surface area is 109 Å². The van der Waals surface area contributed by atoms with Crippen LogP contribution < -0.4 is 5.32 Å². The summed E-state index contributed by atoms with van der Waals surface area (Å²) in [5.74, 6) is 0. The highest BCUT2D eigenvalue weighted by Gasteiger charge is 2.11. The van der Waals surface area contributed by atoms with Gasteiger partial charge in [-0.25, -0.2) is 0 Å². The Bertz CT molecular complexity index is 479.